The topological polar surface area (TPSA) is 52.6 Å². The van der Waals surface area contributed by atoms with Gasteiger partial charge in [0.15, 0.2) is 5.41 Å². The normalized spacial score (nSPS) is 11.5. The lowest BCUT2D eigenvalue weighted by Crippen LogP contribution is -2.40. The second-order valence-electron chi connectivity index (χ2n) is 3.06. The van der Waals surface area contributed by atoms with Crippen molar-refractivity contribution in [3.8, 4) is 0 Å². The van der Waals surface area contributed by atoms with E-state index in [0.29, 0.717) is 6.42 Å². The molecule has 0 saturated heterocycles. The maximum atomic E-state index is 11.8. The van der Waals surface area contributed by atoms with Crippen molar-refractivity contribution in [2.75, 3.05) is 13.2 Å². The van der Waals surface area contributed by atoms with Crippen LogP contribution in [0.25, 0.3) is 0 Å². The van der Waals surface area contributed by atoms with Crippen LogP contribution in [-0.2, 0) is 19.1 Å². The summed E-state index contributed by atoms with van der Waals surface area (Å²) in [5.41, 5.74) is -1.34. The first-order valence-corrected chi connectivity index (χ1v) is 6.12. The molecule has 0 aromatic heterocycles. The van der Waals surface area contributed by atoms with Gasteiger partial charge in [0.25, 0.3) is 0 Å². The van der Waals surface area contributed by atoms with Crippen molar-refractivity contribution in [2.45, 2.75) is 27.2 Å². The van der Waals surface area contributed by atoms with Gasteiger partial charge < -0.3 is 9.47 Å². The average molecular weight is 293 g/mol. The lowest BCUT2D eigenvalue weighted by atomic mass is 9.85. The molecular weight excluding hydrogens is 276 g/mol. The first-order valence-electron chi connectivity index (χ1n) is 5.21. The predicted octanol–water partition coefficient (Wildman–Crippen LogP) is 2.42. The van der Waals surface area contributed by atoms with E-state index in [2.05, 4.69) is 15.9 Å². The van der Waals surface area contributed by atoms with Gasteiger partial charge in [0, 0.05) is 0 Å². The van der Waals surface area contributed by atoms with Crippen molar-refractivity contribution in [3.63, 3.8) is 0 Å². The minimum absolute atomic E-state index is 0.232. The van der Waals surface area contributed by atoms with Crippen LogP contribution in [0.4, 0.5) is 0 Å². The van der Waals surface area contributed by atoms with Crippen molar-refractivity contribution < 1.29 is 19.1 Å². The summed E-state index contributed by atoms with van der Waals surface area (Å²) >= 11 is 3.07. The number of rotatable bonds is 6. The maximum absolute atomic E-state index is 11.8. The standard InChI is InChI=1S/C11H17BrO4/c1-4-11(7-8-12,9(13)15-5-2)10(14)16-6-3/h7-8H,4-6H2,1-3H3/b8-7+. The van der Waals surface area contributed by atoms with Gasteiger partial charge in [-0.15, -0.1) is 0 Å². The third kappa shape index (κ3) is 3.33. The summed E-state index contributed by atoms with van der Waals surface area (Å²) in [6, 6.07) is 0. The third-order valence-electron chi connectivity index (χ3n) is 2.18. The predicted molar refractivity (Wildman–Crippen MR) is 64.1 cm³/mol. The molecule has 0 fully saturated rings. The molecule has 92 valence electrons. The van der Waals surface area contributed by atoms with Gasteiger partial charge in [0.1, 0.15) is 0 Å². The molecular formula is C11H17BrO4. The largest absolute Gasteiger partial charge is 0.465 e. The SMILES string of the molecule is CCOC(=O)C(/C=C/Br)(CC)C(=O)OCC. The molecule has 4 nitrogen and oxygen atoms in total. The fourth-order valence-electron chi connectivity index (χ4n) is 1.25. The van der Waals surface area contributed by atoms with Gasteiger partial charge >= 0.3 is 11.9 Å². The first-order chi connectivity index (χ1) is 7.58. The van der Waals surface area contributed by atoms with Crippen molar-refractivity contribution in [2.24, 2.45) is 5.41 Å². The first kappa shape index (κ1) is 15.2. The fourth-order valence-corrected chi connectivity index (χ4v) is 1.70. The summed E-state index contributed by atoms with van der Waals surface area (Å²) in [6.45, 7) is 5.59. The van der Waals surface area contributed by atoms with Crippen molar-refractivity contribution in [1.29, 1.82) is 0 Å². The van der Waals surface area contributed by atoms with Crippen LogP contribution in [0.1, 0.15) is 27.2 Å². The number of esters is 2. The van der Waals surface area contributed by atoms with Crippen LogP contribution in [0.15, 0.2) is 11.1 Å². The number of ether oxygens (including phenoxy) is 2. The molecule has 0 aliphatic heterocycles. The maximum Gasteiger partial charge on any atom is 0.327 e. The summed E-state index contributed by atoms with van der Waals surface area (Å²) in [5.74, 6) is -1.15. The van der Waals surface area contributed by atoms with E-state index in [-0.39, 0.29) is 13.2 Å². The molecule has 0 amide bonds. The molecule has 0 bridgehead atoms. The summed E-state index contributed by atoms with van der Waals surface area (Å²) < 4.78 is 9.81. The lowest BCUT2D eigenvalue weighted by molar-refractivity contribution is -0.168. The Balaban J connectivity index is 5.13. The van der Waals surface area contributed by atoms with Crippen LogP contribution in [0.2, 0.25) is 0 Å². The van der Waals surface area contributed by atoms with Gasteiger partial charge in [-0.2, -0.15) is 0 Å². The van der Waals surface area contributed by atoms with Crippen LogP contribution >= 0.6 is 15.9 Å². The molecule has 0 unspecified atom stereocenters. The zero-order chi connectivity index (χ0) is 12.6. The molecule has 16 heavy (non-hydrogen) atoms. The van der Waals surface area contributed by atoms with Gasteiger partial charge in [-0.3, -0.25) is 9.59 Å². The zero-order valence-corrected chi connectivity index (χ0v) is 11.4. The molecule has 0 saturated carbocycles. The molecule has 0 radical (unpaired) electrons. The molecule has 0 aliphatic rings. The van der Waals surface area contributed by atoms with E-state index >= 15 is 0 Å². The number of hydrogen-bond donors (Lipinski definition) is 0. The van der Waals surface area contributed by atoms with Crippen LogP contribution in [0.5, 0.6) is 0 Å². The number of halogens is 1. The van der Waals surface area contributed by atoms with Crippen LogP contribution in [-0.4, -0.2) is 25.2 Å². The average Bonchev–Trinajstić information content (AvgIpc) is 2.26. The van der Waals surface area contributed by atoms with E-state index in [0.717, 1.165) is 0 Å². The van der Waals surface area contributed by atoms with Gasteiger partial charge in [-0.1, -0.05) is 22.9 Å². The van der Waals surface area contributed by atoms with E-state index in [4.69, 9.17) is 9.47 Å². The molecule has 0 N–H and O–H groups in total. The Hall–Kier alpha value is -0.840. The highest BCUT2D eigenvalue weighted by molar-refractivity contribution is 9.11. The number of carbonyl (C=O) groups excluding carboxylic acids is 2. The lowest BCUT2D eigenvalue weighted by Gasteiger charge is -2.24. The molecule has 0 aromatic rings. The smallest absolute Gasteiger partial charge is 0.327 e. The Labute approximate surface area is 104 Å². The Bertz CT molecular complexity index is 255. The summed E-state index contributed by atoms with van der Waals surface area (Å²) in [7, 11) is 0. The van der Waals surface area contributed by atoms with Gasteiger partial charge in [0.2, 0.25) is 0 Å². The minimum atomic E-state index is -1.34. The van der Waals surface area contributed by atoms with Crippen LogP contribution in [0.3, 0.4) is 0 Å². The van der Waals surface area contributed by atoms with E-state index in [1.807, 2.05) is 0 Å². The summed E-state index contributed by atoms with van der Waals surface area (Å²) in [5, 5.41) is 0. The molecule has 5 heteroatoms. The van der Waals surface area contributed by atoms with Gasteiger partial charge in [0.05, 0.1) is 13.2 Å². The Morgan fingerprint density at radius 1 is 1.12 bits per heavy atom. The van der Waals surface area contributed by atoms with Crippen molar-refractivity contribution in [1.82, 2.24) is 0 Å². The zero-order valence-electron chi connectivity index (χ0n) is 9.79. The number of hydrogen-bond acceptors (Lipinski definition) is 4. The molecule has 0 aliphatic carbocycles. The molecule has 0 rings (SSSR count). The number of carbonyl (C=O) groups is 2. The minimum Gasteiger partial charge on any atom is -0.465 e. The Morgan fingerprint density at radius 2 is 1.56 bits per heavy atom. The highest BCUT2D eigenvalue weighted by Crippen LogP contribution is 2.28. The van der Waals surface area contributed by atoms with Gasteiger partial charge in [-0.05, 0) is 31.3 Å². The Morgan fingerprint density at radius 3 is 1.81 bits per heavy atom. The molecule has 0 atom stereocenters. The Kier molecular flexibility index (Phi) is 7.05. The van der Waals surface area contributed by atoms with Crippen LogP contribution in [0, 0.1) is 5.41 Å². The highest BCUT2D eigenvalue weighted by atomic mass is 79.9. The van der Waals surface area contributed by atoms with Crippen molar-refractivity contribution in [3.05, 3.63) is 11.1 Å². The third-order valence-corrected chi connectivity index (χ3v) is 2.45. The molecule has 0 spiro atoms. The van der Waals surface area contributed by atoms with Crippen molar-refractivity contribution >= 4 is 27.9 Å². The van der Waals surface area contributed by atoms with Gasteiger partial charge in [-0.25, -0.2) is 0 Å². The van der Waals surface area contributed by atoms with E-state index < -0.39 is 17.4 Å². The van der Waals surface area contributed by atoms with E-state index in [1.54, 1.807) is 20.8 Å². The summed E-state index contributed by atoms with van der Waals surface area (Å²) in [4.78, 5) is 25.1. The van der Waals surface area contributed by atoms with Crippen LogP contribution < -0.4 is 0 Å². The highest BCUT2D eigenvalue weighted by Gasteiger charge is 2.45. The van der Waals surface area contributed by atoms with E-state index in [9.17, 15) is 9.59 Å². The molecule has 0 aromatic carbocycles. The quantitative estimate of drug-likeness (QED) is 0.557. The second-order valence-corrected chi connectivity index (χ2v) is 3.59. The second kappa shape index (κ2) is 7.44. The molecule has 0 heterocycles. The monoisotopic (exact) mass is 292 g/mol. The van der Waals surface area contributed by atoms with E-state index in [1.165, 1.54) is 11.1 Å². The summed E-state index contributed by atoms with van der Waals surface area (Å²) in [6.07, 6.45) is 1.76. The fraction of sp³-hybridized carbons (Fsp3) is 0.636.